The van der Waals surface area contributed by atoms with Crippen molar-refractivity contribution < 1.29 is 19.3 Å². The predicted octanol–water partition coefficient (Wildman–Crippen LogP) is 5.54. The molecule has 0 radical (unpaired) electrons. The summed E-state index contributed by atoms with van der Waals surface area (Å²) >= 11 is 0. The summed E-state index contributed by atoms with van der Waals surface area (Å²) in [6.07, 6.45) is 2.00. The molecule has 1 fully saturated rings. The van der Waals surface area contributed by atoms with E-state index in [-0.39, 0.29) is 23.9 Å². The minimum absolute atomic E-state index is 0.118. The Bertz CT molecular complexity index is 1070. The highest BCUT2D eigenvalue weighted by molar-refractivity contribution is 5.54. The van der Waals surface area contributed by atoms with Crippen molar-refractivity contribution in [1.82, 2.24) is 0 Å². The number of fused-ring (bicyclic) bond motifs is 1. The van der Waals surface area contributed by atoms with E-state index in [0.717, 1.165) is 37.2 Å². The zero-order chi connectivity index (χ0) is 23.5. The van der Waals surface area contributed by atoms with Gasteiger partial charge in [0.05, 0.1) is 6.61 Å². The number of benzene rings is 3. The van der Waals surface area contributed by atoms with Crippen LogP contribution in [0.5, 0.6) is 11.5 Å². The molecule has 5 nitrogen and oxygen atoms in total. The molecular formula is C29H33NO4. The highest BCUT2D eigenvalue weighted by Crippen LogP contribution is 2.47. The van der Waals surface area contributed by atoms with E-state index in [1.54, 1.807) is 26.4 Å². The van der Waals surface area contributed by atoms with Crippen LogP contribution in [0, 0.1) is 5.92 Å². The van der Waals surface area contributed by atoms with E-state index in [9.17, 15) is 5.11 Å². The SMILES string of the molecule is COC(OC)C1CCN(c2ccc([C@H]3c4ccc(O)cc4OC[C@H]3c3ccccc3)cc2)CC1. The molecule has 2 aliphatic rings. The number of ether oxygens (including phenoxy) is 3. The first-order chi connectivity index (χ1) is 16.7. The number of hydrogen-bond acceptors (Lipinski definition) is 5. The van der Waals surface area contributed by atoms with E-state index in [1.807, 2.05) is 12.1 Å². The van der Waals surface area contributed by atoms with Gasteiger partial charge in [-0.05, 0) is 42.2 Å². The minimum Gasteiger partial charge on any atom is -0.508 e. The molecule has 2 aliphatic heterocycles. The van der Waals surface area contributed by atoms with E-state index < -0.39 is 0 Å². The Morgan fingerprint density at radius 3 is 2.26 bits per heavy atom. The van der Waals surface area contributed by atoms with Crippen molar-refractivity contribution in [2.45, 2.75) is 31.0 Å². The molecule has 0 amide bonds. The molecule has 5 heteroatoms. The lowest BCUT2D eigenvalue weighted by Gasteiger charge is -2.37. The van der Waals surface area contributed by atoms with E-state index in [4.69, 9.17) is 14.2 Å². The maximum absolute atomic E-state index is 9.99. The van der Waals surface area contributed by atoms with E-state index >= 15 is 0 Å². The van der Waals surface area contributed by atoms with Gasteiger partial charge in [-0.15, -0.1) is 0 Å². The molecule has 3 aromatic carbocycles. The monoisotopic (exact) mass is 459 g/mol. The summed E-state index contributed by atoms with van der Waals surface area (Å²) in [6, 6.07) is 25.1. The Morgan fingerprint density at radius 2 is 1.59 bits per heavy atom. The first-order valence-corrected chi connectivity index (χ1v) is 12.1. The summed E-state index contributed by atoms with van der Waals surface area (Å²) in [7, 11) is 3.44. The molecule has 3 aromatic rings. The van der Waals surface area contributed by atoms with Crippen molar-refractivity contribution in [1.29, 1.82) is 0 Å². The predicted molar refractivity (Wildman–Crippen MR) is 134 cm³/mol. The Labute approximate surface area is 201 Å². The van der Waals surface area contributed by atoms with Gasteiger partial charge in [0.15, 0.2) is 6.29 Å². The average Bonchev–Trinajstić information content (AvgIpc) is 2.90. The number of phenolic OH excluding ortho intramolecular Hbond substituents is 1. The number of piperidine rings is 1. The molecule has 2 atom stereocenters. The van der Waals surface area contributed by atoms with Gasteiger partial charge in [-0.2, -0.15) is 0 Å². The van der Waals surface area contributed by atoms with Gasteiger partial charge in [-0.3, -0.25) is 0 Å². The molecule has 1 saturated heterocycles. The van der Waals surface area contributed by atoms with Gasteiger partial charge in [0.1, 0.15) is 11.5 Å². The number of methoxy groups -OCH3 is 2. The van der Waals surface area contributed by atoms with Gasteiger partial charge in [-0.25, -0.2) is 0 Å². The quantitative estimate of drug-likeness (QED) is 0.491. The summed E-state index contributed by atoms with van der Waals surface area (Å²) in [5.74, 6) is 1.82. The third-order valence-corrected chi connectivity index (χ3v) is 7.39. The van der Waals surface area contributed by atoms with Crippen molar-refractivity contribution in [3.63, 3.8) is 0 Å². The number of phenols is 1. The molecule has 5 rings (SSSR count). The van der Waals surface area contributed by atoms with Crippen LogP contribution in [-0.4, -0.2) is 45.3 Å². The van der Waals surface area contributed by atoms with Gasteiger partial charge in [0.2, 0.25) is 0 Å². The Hall–Kier alpha value is -3.02. The number of rotatable bonds is 6. The average molecular weight is 460 g/mol. The number of hydrogen-bond donors (Lipinski definition) is 1. The third-order valence-electron chi connectivity index (χ3n) is 7.39. The van der Waals surface area contributed by atoms with Gasteiger partial charge in [0, 0.05) is 62.4 Å². The van der Waals surface area contributed by atoms with E-state index in [1.165, 1.54) is 16.8 Å². The van der Waals surface area contributed by atoms with Gasteiger partial charge < -0.3 is 24.2 Å². The smallest absolute Gasteiger partial charge is 0.159 e. The maximum Gasteiger partial charge on any atom is 0.159 e. The fourth-order valence-electron chi connectivity index (χ4n) is 5.60. The van der Waals surface area contributed by atoms with Crippen molar-refractivity contribution in [3.05, 3.63) is 89.5 Å². The van der Waals surface area contributed by atoms with Crippen molar-refractivity contribution in [2.75, 3.05) is 38.8 Å². The highest BCUT2D eigenvalue weighted by Gasteiger charge is 2.34. The van der Waals surface area contributed by atoms with E-state index in [2.05, 4.69) is 53.4 Å². The van der Waals surface area contributed by atoms with Gasteiger partial charge >= 0.3 is 0 Å². The Kier molecular flexibility index (Phi) is 6.75. The summed E-state index contributed by atoms with van der Waals surface area (Å²) in [5.41, 5.74) is 4.91. The molecule has 2 heterocycles. The lowest BCUT2D eigenvalue weighted by molar-refractivity contribution is -0.141. The van der Waals surface area contributed by atoms with E-state index in [0.29, 0.717) is 12.5 Å². The zero-order valence-electron chi connectivity index (χ0n) is 19.9. The topological polar surface area (TPSA) is 51.2 Å². The largest absolute Gasteiger partial charge is 0.508 e. The maximum atomic E-state index is 9.99. The Balaban J connectivity index is 1.40. The standard InChI is InChI=1S/C29H33NO4/c1-32-29(33-2)22-14-16-30(17-15-22)23-10-8-21(9-11-23)28-25-13-12-24(31)18-27(25)34-19-26(28)20-6-4-3-5-7-20/h3-13,18,22,26,28-29,31H,14-17,19H2,1-2H3/t26-,28-/m0/s1. The fourth-order valence-corrected chi connectivity index (χ4v) is 5.60. The van der Waals surface area contributed by atoms with Crippen LogP contribution in [-0.2, 0) is 9.47 Å². The normalized spacial score (nSPS) is 20.7. The summed E-state index contributed by atoms with van der Waals surface area (Å²) in [5, 5.41) is 9.99. The molecule has 1 N–H and O–H groups in total. The highest BCUT2D eigenvalue weighted by atomic mass is 16.7. The van der Waals surface area contributed by atoms with Crippen LogP contribution >= 0.6 is 0 Å². The van der Waals surface area contributed by atoms with Crippen LogP contribution in [0.25, 0.3) is 0 Å². The molecule has 178 valence electrons. The second-order valence-corrected chi connectivity index (χ2v) is 9.28. The van der Waals surface area contributed by atoms with Crippen LogP contribution in [0.15, 0.2) is 72.8 Å². The number of anilines is 1. The van der Waals surface area contributed by atoms with Crippen molar-refractivity contribution in [2.24, 2.45) is 5.92 Å². The van der Waals surface area contributed by atoms with Crippen LogP contribution in [0.3, 0.4) is 0 Å². The fraction of sp³-hybridized carbons (Fsp3) is 0.379. The van der Waals surface area contributed by atoms with Crippen molar-refractivity contribution in [3.8, 4) is 11.5 Å². The second-order valence-electron chi connectivity index (χ2n) is 9.28. The molecule has 0 spiro atoms. The van der Waals surface area contributed by atoms with Gasteiger partial charge in [-0.1, -0.05) is 48.5 Å². The number of nitrogens with zero attached hydrogens (tertiary/aromatic N) is 1. The first-order valence-electron chi connectivity index (χ1n) is 12.1. The van der Waals surface area contributed by atoms with Crippen LogP contribution in [0.2, 0.25) is 0 Å². The molecule has 0 unspecified atom stereocenters. The lowest BCUT2D eigenvalue weighted by Crippen LogP contribution is -2.39. The van der Waals surface area contributed by atoms with Gasteiger partial charge in [0.25, 0.3) is 0 Å². The zero-order valence-corrected chi connectivity index (χ0v) is 19.9. The Morgan fingerprint density at radius 1 is 0.882 bits per heavy atom. The molecule has 0 aromatic heterocycles. The lowest BCUT2D eigenvalue weighted by atomic mass is 9.76. The second kappa shape index (κ2) is 10.1. The minimum atomic E-state index is -0.118. The van der Waals surface area contributed by atoms with Crippen LogP contribution in [0.4, 0.5) is 5.69 Å². The number of aromatic hydroxyl groups is 1. The van der Waals surface area contributed by atoms with Crippen LogP contribution in [0.1, 0.15) is 41.4 Å². The van der Waals surface area contributed by atoms with Crippen molar-refractivity contribution >= 4 is 5.69 Å². The summed E-state index contributed by atoms with van der Waals surface area (Å²) in [6.45, 7) is 2.58. The molecule has 34 heavy (non-hydrogen) atoms. The third kappa shape index (κ3) is 4.50. The molecule has 0 bridgehead atoms. The molecular weight excluding hydrogens is 426 g/mol. The molecule has 0 aliphatic carbocycles. The first kappa shape index (κ1) is 22.8. The molecule has 0 saturated carbocycles. The summed E-state index contributed by atoms with van der Waals surface area (Å²) in [4.78, 5) is 2.45. The van der Waals surface area contributed by atoms with Crippen LogP contribution < -0.4 is 9.64 Å². The summed E-state index contributed by atoms with van der Waals surface area (Å²) < 4.78 is 17.1.